The van der Waals surface area contributed by atoms with Crippen molar-refractivity contribution in [3.8, 4) is 5.75 Å². The number of benzene rings is 1. The topological polar surface area (TPSA) is 35.0 Å². The first kappa shape index (κ1) is 10.6. The summed E-state index contributed by atoms with van der Waals surface area (Å²) in [4.78, 5) is 8.07. The van der Waals surface area contributed by atoms with E-state index in [-0.39, 0.29) is 5.28 Å². The van der Waals surface area contributed by atoms with Crippen LogP contribution in [0.3, 0.4) is 0 Å². The van der Waals surface area contributed by atoms with Gasteiger partial charge in [0.05, 0.1) is 17.5 Å². The summed E-state index contributed by atoms with van der Waals surface area (Å²) < 4.78 is 6.55. The Bertz CT molecular complexity index is 603. The second kappa shape index (κ2) is 3.72. The second-order valence-corrected chi connectivity index (χ2v) is 4.99. The summed E-state index contributed by atoms with van der Waals surface area (Å²) in [6.07, 6.45) is 0.866. The third kappa shape index (κ3) is 1.48. The average molecular weight is 320 g/mol. The largest absolute Gasteiger partial charge is 0.492 e. The van der Waals surface area contributed by atoms with E-state index in [9.17, 15) is 0 Å². The third-order valence-corrected chi connectivity index (χ3v) is 3.67. The van der Waals surface area contributed by atoms with Crippen LogP contribution in [0.15, 0.2) is 10.5 Å². The van der Waals surface area contributed by atoms with Crippen LogP contribution < -0.4 is 4.74 Å². The second-order valence-electron chi connectivity index (χ2n) is 3.44. The zero-order chi connectivity index (χ0) is 11.3. The van der Waals surface area contributed by atoms with Crippen LogP contribution in [0.1, 0.15) is 5.56 Å². The van der Waals surface area contributed by atoms with Gasteiger partial charge >= 0.3 is 0 Å². The average Bonchev–Trinajstić information content (AvgIpc) is 2.65. The fourth-order valence-electron chi connectivity index (χ4n) is 1.85. The molecule has 0 spiro atoms. The van der Waals surface area contributed by atoms with Crippen LogP contribution in [-0.2, 0) is 6.42 Å². The minimum Gasteiger partial charge on any atom is -0.492 e. The summed E-state index contributed by atoms with van der Waals surface area (Å²) in [7, 11) is 0. The molecule has 0 radical (unpaired) electrons. The van der Waals surface area contributed by atoms with E-state index in [1.54, 1.807) is 0 Å². The van der Waals surface area contributed by atoms with E-state index in [0.29, 0.717) is 17.3 Å². The van der Waals surface area contributed by atoms with E-state index in [0.717, 1.165) is 27.6 Å². The molecule has 2 heterocycles. The fraction of sp³-hybridized carbons (Fsp3) is 0.200. The molecule has 6 heteroatoms. The molecular formula is C10H5BrCl2N2O. The van der Waals surface area contributed by atoms with Gasteiger partial charge in [0.25, 0.3) is 0 Å². The maximum atomic E-state index is 6.07. The molecule has 16 heavy (non-hydrogen) atoms. The summed E-state index contributed by atoms with van der Waals surface area (Å²) in [6, 6.07) is 1.89. The Morgan fingerprint density at radius 3 is 2.94 bits per heavy atom. The quantitative estimate of drug-likeness (QED) is 0.549. The molecule has 0 unspecified atom stereocenters. The van der Waals surface area contributed by atoms with Gasteiger partial charge in [0.1, 0.15) is 10.9 Å². The van der Waals surface area contributed by atoms with Gasteiger partial charge < -0.3 is 4.74 Å². The smallest absolute Gasteiger partial charge is 0.224 e. The first-order chi connectivity index (χ1) is 7.66. The van der Waals surface area contributed by atoms with Crippen molar-refractivity contribution in [2.75, 3.05) is 6.61 Å². The lowest BCUT2D eigenvalue weighted by atomic mass is 10.1. The van der Waals surface area contributed by atoms with Gasteiger partial charge in [-0.3, -0.25) is 0 Å². The maximum absolute atomic E-state index is 6.07. The van der Waals surface area contributed by atoms with Crippen molar-refractivity contribution in [3.63, 3.8) is 0 Å². The molecule has 0 bridgehead atoms. The van der Waals surface area contributed by atoms with Crippen molar-refractivity contribution in [2.24, 2.45) is 0 Å². The maximum Gasteiger partial charge on any atom is 0.224 e. The summed E-state index contributed by atoms with van der Waals surface area (Å²) in [6.45, 7) is 0.659. The van der Waals surface area contributed by atoms with E-state index in [1.165, 1.54) is 0 Å². The molecule has 0 fully saturated rings. The molecule has 1 aliphatic heterocycles. The molecule has 0 amide bonds. The van der Waals surface area contributed by atoms with Crippen LogP contribution in [0.5, 0.6) is 5.75 Å². The van der Waals surface area contributed by atoms with E-state index < -0.39 is 0 Å². The molecule has 0 atom stereocenters. The number of nitrogens with zero attached hydrogens (tertiary/aromatic N) is 2. The van der Waals surface area contributed by atoms with Crippen molar-refractivity contribution < 1.29 is 4.74 Å². The third-order valence-electron chi connectivity index (χ3n) is 2.52. The Morgan fingerprint density at radius 1 is 1.31 bits per heavy atom. The van der Waals surface area contributed by atoms with Crippen molar-refractivity contribution >= 4 is 50.0 Å². The number of aromatic nitrogens is 2. The van der Waals surface area contributed by atoms with Gasteiger partial charge in [-0.2, -0.15) is 0 Å². The number of hydrogen-bond acceptors (Lipinski definition) is 3. The van der Waals surface area contributed by atoms with Gasteiger partial charge in [-0.15, -0.1) is 0 Å². The number of hydrogen-bond donors (Lipinski definition) is 0. The molecule has 0 N–H and O–H groups in total. The monoisotopic (exact) mass is 318 g/mol. The lowest BCUT2D eigenvalue weighted by Crippen LogP contribution is -1.91. The number of fused-ring (bicyclic) bond motifs is 3. The summed E-state index contributed by atoms with van der Waals surface area (Å²) in [5, 5.41) is 1.21. The van der Waals surface area contributed by atoms with Gasteiger partial charge in [0.15, 0.2) is 0 Å². The summed E-state index contributed by atoms with van der Waals surface area (Å²) >= 11 is 15.3. The van der Waals surface area contributed by atoms with Crippen LogP contribution >= 0.6 is 39.1 Å². The molecular weight excluding hydrogens is 315 g/mol. The fourth-order valence-corrected chi connectivity index (χ4v) is 2.93. The van der Waals surface area contributed by atoms with Crippen LogP contribution in [-0.4, -0.2) is 16.6 Å². The summed E-state index contributed by atoms with van der Waals surface area (Å²) in [5.74, 6) is 0.769. The Kier molecular flexibility index (Phi) is 2.46. The molecule has 0 aliphatic carbocycles. The Balaban J connectivity index is 2.48. The predicted molar refractivity (Wildman–Crippen MR) is 66.5 cm³/mol. The van der Waals surface area contributed by atoms with E-state index in [1.807, 2.05) is 6.07 Å². The molecule has 82 valence electrons. The summed E-state index contributed by atoms with van der Waals surface area (Å²) in [5.41, 5.74) is 1.80. The van der Waals surface area contributed by atoms with Crippen molar-refractivity contribution in [2.45, 2.75) is 6.42 Å². The van der Waals surface area contributed by atoms with Crippen LogP contribution in [0.4, 0.5) is 0 Å². The Morgan fingerprint density at radius 2 is 2.12 bits per heavy atom. The molecule has 3 nitrogen and oxygen atoms in total. The Labute approximate surface area is 110 Å². The first-order valence-corrected chi connectivity index (χ1v) is 6.18. The van der Waals surface area contributed by atoms with Gasteiger partial charge in [-0.05, 0) is 17.7 Å². The molecule has 0 saturated carbocycles. The SMILES string of the molecule is Clc1nc(Cl)c2c3c(c(Br)cc2n1)CCO3. The molecule has 1 aromatic heterocycles. The van der Waals surface area contributed by atoms with Crippen molar-refractivity contribution in [1.29, 1.82) is 0 Å². The van der Waals surface area contributed by atoms with Crippen molar-refractivity contribution in [3.05, 3.63) is 26.5 Å². The zero-order valence-electron chi connectivity index (χ0n) is 7.93. The molecule has 0 saturated heterocycles. The van der Waals surface area contributed by atoms with E-state index in [4.69, 9.17) is 27.9 Å². The lowest BCUT2D eigenvalue weighted by molar-refractivity contribution is 0.360. The van der Waals surface area contributed by atoms with Crippen LogP contribution in [0, 0.1) is 0 Å². The zero-order valence-corrected chi connectivity index (χ0v) is 11.0. The van der Waals surface area contributed by atoms with Gasteiger partial charge in [-0.25, -0.2) is 9.97 Å². The van der Waals surface area contributed by atoms with Gasteiger partial charge in [-0.1, -0.05) is 27.5 Å². The van der Waals surface area contributed by atoms with Crippen LogP contribution in [0.25, 0.3) is 10.9 Å². The highest BCUT2D eigenvalue weighted by Gasteiger charge is 2.22. The molecule has 3 rings (SSSR count). The van der Waals surface area contributed by atoms with Gasteiger partial charge in [0, 0.05) is 16.5 Å². The first-order valence-electron chi connectivity index (χ1n) is 4.64. The highest BCUT2D eigenvalue weighted by atomic mass is 79.9. The predicted octanol–water partition coefficient (Wildman–Crippen LogP) is 3.63. The van der Waals surface area contributed by atoms with Crippen molar-refractivity contribution in [1.82, 2.24) is 9.97 Å². The van der Waals surface area contributed by atoms with E-state index in [2.05, 4.69) is 25.9 Å². The van der Waals surface area contributed by atoms with Crippen LogP contribution in [0.2, 0.25) is 10.4 Å². The highest BCUT2D eigenvalue weighted by molar-refractivity contribution is 9.10. The standard InChI is InChI=1S/C10H5BrCl2N2O/c11-5-3-6-7(8-4(5)1-2-16-8)9(12)15-10(13)14-6/h3H,1-2H2. The Hall–Kier alpha value is -0.580. The van der Waals surface area contributed by atoms with E-state index >= 15 is 0 Å². The minimum atomic E-state index is 0.141. The number of rotatable bonds is 0. The minimum absolute atomic E-state index is 0.141. The normalized spacial score (nSPS) is 13.9. The molecule has 1 aliphatic rings. The van der Waals surface area contributed by atoms with Gasteiger partial charge in [0.2, 0.25) is 5.28 Å². The number of ether oxygens (including phenoxy) is 1. The highest BCUT2D eigenvalue weighted by Crippen LogP contribution is 2.41. The molecule has 2 aromatic rings. The molecule has 1 aromatic carbocycles. The number of halogens is 3. The lowest BCUT2D eigenvalue weighted by Gasteiger charge is -2.07.